The second-order valence-electron chi connectivity index (χ2n) is 5.30. The van der Waals surface area contributed by atoms with E-state index in [1.807, 2.05) is 12.4 Å². The van der Waals surface area contributed by atoms with Crippen molar-refractivity contribution in [2.24, 2.45) is 0 Å². The molecule has 1 saturated heterocycles. The van der Waals surface area contributed by atoms with E-state index in [-0.39, 0.29) is 0 Å². The lowest BCUT2D eigenvalue weighted by Gasteiger charge is -2.33. The van der Waals surface area contributed by atoms with Crippen molar-refractivity contribution in [3.05, 3.63) is 29.4 Å². The Kier molecular flexibility index (Phi) is 3.96. The zero-order chi connectivity index (χ0) is 14.8. The van der Waals surface area contributed by atoms with Crippen LogP contribution >= 0.6 is 11.6 Å². The first-order valence-electron chi connectivity index (χ1n) is 7.22. The Morgan fingerprint density at radius 2 is 2.14 bits per heavy atom. The van der Waals surface area contributed by atoms with Crippen molar-refractivity contribution in [2.75, 3.05) is 23.7 Å². The Labute approximate surface area is 128 Å². The highest BCUT2D eigenvalue weighted by molar-refractivity contribution is 6.33. The Hall–Kier alpha value is -1.82. The van der Waals surface area contributed by atoms with Gasteiger partial charge in [-0.25, -0.2) is 4.98 Å². The van der Waals surface area contributed by atoms with Gasteiger partial charge in [0.25, 0.3) is 0 Å². The number of nitrogen functional groups attached to an aromatic ring is 1. The van der Waals surface area contributed by atoms with Gasteiger partial charge in [0, 0.05) is 37.8 Å². The van der Waals surface area contributed by atoms with E-state index in [4.69, 9.17) is 17.3 Å². The number of piperidine rings is 1. The van der Waals surface area contributed by atoms with Crippen LogP contribution in [0.4, 0.5) is 11.5 Å². The van der Waals surface area contributed by atoms with E-state index in [9.17, 15) is 0 Å². The molecule has 0 spiro atoms. The van der Waals surface area contributed by atoms with Gasteiger partial charge in [0.1, 0.15) is 18.0 Å². The van der Waals surface area contributed by atoms with E-state index in [0.29, 0.717) is 16.8 Å². The Balaban J connectivity index is 1.72. The molecular formula is C14H19ClN6. The number of anilines is 2. The number of aryl methyl sites for hydroxylation is 1. The lowest BCUT2D eigenvalue weighted by atomic mass is 9.95. The molecule has 6 nitrogen and oxygen atoms in total. The molecule has 0 saturated carbocycles. The summed E-state index contributed by atoms with van der Waals surface area (Å²) in [4.78, 5) is 6.28. The van der Waals surface area contributed by atoms with Gasteiger partial charge in [-0.05, 0) is 19.8 Å². The number of hydrogen-bond donors (Lipinski definition) is 1. The molecule has 112 valence electrons. The third-order valence-corrected chi connectivity index (χ3v) is 4.33. The fourth-order valence-corrected chi connectivity index (χ4v) is 3.11. The first-order chi connectivity index (χ1) is 10.2. The summed E-state index contributed by atoms with van der Waals surface area (Å²) in [5, 5.41) is 8.96. The smallest absolute Gasteiger partial charge is 0.136 e. The van der Waals surface area contributed by atoms with E-state index in [2.05, 4.69) is 31.6 Å². The average Bonchev–Trinajstić information content (AvgIpc) is 2.98. The van der Waals surface area contributed by atoms with Crippen LogP contribution in [0.15, 0.2) is 18.6 Å². The zero-order valence-corrected chi connectivity index (χ0v) is 12.8. The number of halogens is 1. The number of nitrogens with zero attached hydrogens (tertiary/aromatic N) is 5. The summed E-state index contributed by atoms with van der Waals surface area (Å²) in [6.45, 7) is 4.89. The van der Waals surface area contributed by atoms with Gasteiger partial charge in [-0.3, -0.25) is 0 Å². The summed E-state index contributed by atoms with van der Waals surface area (Å²) >= 11 is 6.23. The maximum absolute atomic E-state index is 6.23. The number of aromatic nitrogens is 4. The summed E-state index contributed by atoms with van der Waals surface area (Å²) in [5.41, 5.74) is 6.73. The fraction of sp³-hybridized carbons (Fsp3) is 0.500. The summed E-state index contributed by atoms with van der Waals surface area (Å²) < 4.78 is 2.12. The van der Waals surface area contributed by atoms with Gasteiger partial charge in [-0.15, -0.1) is 10.2 Å². The van der Waals surface area contributed by atoms with Crippen LogP contribution in [-0.2, 0) is 6.54 Å². The molecular weight excluding hydrogens is 288 g/mol. The molecule has 0 unspecified atom stereocenters. The van der Waals surface area contributed by atoms with Gasteiger partial charge >= 0.3 is 0 Å². The molecule has 2 aromatic heterocycles. The van der Waals surface area contributed by atoms with Crippen molar-refractivity contribution in [3.63, 3.8) is 0 Å². The normalized spacial score (nSPS) is 16.4. The molecule has 21 heavy (non-hydrogen) atoms. The van der Waals surface area contributed by atoms with Gasteiger partial charge in [-0.1, -0.05) is 11.6 Å². The van der Waals surface area contributed by atoms with Crippen LogP contribution in [0.5, 0.6) is 0 Å². The van der Waals surface area contributed by atoms with Gasteiger partial charge in [0.2, 0.25) is 0 Å². The van der Waals surface area contributed by atoms with Crippen LogP contribution in [0.3, 0.4) is 0 Å². The lowest BCUT2D eigenvalue weighted by molar-refractivity contribution is 0.467. The maximum Gasteiger partial charge on any atom is 0.136 e. The van der Waals surface area contributed by atoms with E-state index in [1.54, 1.807) is 6.20 Å². The van der Waals surface area contributed by atoms with Crippen LogP contribution in [-0.4, -0.2) is 32.8 Å². The van der Waals surface area contributed by atoms with E-state index in [1.165, 1.54) is 0 Å². The molecule has 0 radical (unpaired) electrons. The van der Waals surface area contributed by atoms with Crippen LogP contribution in [0, 0.1) is 0 Å². The van der Waals surface area contributed by atoms with Crippen LogP contribution in [0.1, 0.15) is 31.5 Å². The number of pyridine rings is 1. The third kappa shape index (κ3) is 2.81. The van der Waals surface area contributed by atoms with Crippen molar-refractivity contribution in [1.29, 1.82) is 0 Å². The molecule has 3 heterocycles. The minimum absolute atomic E-state index is 0.460. The van der Waals surface area contributed by atoms with Gasteiger partial charge in [-0.2, -0.15) is 0 Å². The van der Waals surface area contributed by atoms with Gasteiger partial charge in [0.15, 0.2) is 0 Å². The van der Waals surface area contributed by atoms with Crippen molar-refractivity contribution in [1.82, 2.24) is 19.7 Å². The average molecular weight is 307 g/mol. The van der Waals surface area contributed by atoms with Crippen LogP contribution in [0.25, 0.3) is 0 Å². The molecule has 1 fully saturated rings. The molecule has 2 aromatic rings. The fourth-order valence-electron chi connectivity index (χ4n) is 2.89. The third-order valence-electron chi connectivity index (χ3n) is 4.04. The highest BCUT2D eigenvalue weighted by atomic mass is 35.5. The molecule has 0 bridgehead atoms. The Bertz CT molecular complexity index is 618. The molecule has 0 aromatic carbocycles. The highest BCUT2D eigenvalue weighted by Crippen LogP contribution is 2.33. The zero-order valence-electron chi connectivity index (χ0n) is 12.0. The van der Waals surface area contributed by atoms with Crippen molar-refractivity contribution < 1.29 is 0 Å². The quantitative estimate of drug-likeness (QED) is 0.942. The maximum atomic E-state index is 6.23. The second-order valence-corrected chi connectivity index (χ2v) is 5.70. The summed E-state index contributed by atoms with van der Waals surface area (Å²) in [6, 6.07) is 1.84. The van der Waals surface area contributed by atoms with Crippen molar-refractivity contribution in [3.8, 4) is 0 Å². The minimum atomic E-state index is 0.460. The first-order valence-corrected chi connectivity index (χ1v) is 7.60. The van der Waals surface area contributed by atoms with Crippen molar-refractivity contribution >= 4 is 23.1 Å². The minimum Gasteiger partial charge on any atom is -0.384 e. The van der Waals surface area contributed by atoms with Gasteiger partial charge in [0.05, 0.1) is 10.7 Å². The summed E-state index contributed by atoms with van der Waals surface area (Å²) in [7, 11) is 0. The first kappa shape index (κ1) is 14.1. The topological polar surface area (TPSA) is 72.9 Å². The van der Waals surface area contributed by atoms with Crippen LogP contribution < -0.4 is 10.6 Å². The van der Waals surface area contributed by atoms with Gasteiger partial charge < -0.3 is 15.2 Å². The molecule has 2 N–H and O–H groups in total. The molecule has 3 rings (SSSR count). The molecule has 0 aliphatic carbocycles. The number of rotatable bonds is 3. The van der Waals surface area contributed by atoms with Crippen LogP contribution in [0.2, 0.25) is 5.02 Å². The SMILES string of the molecule is CCn1cnnc1C1CCN(c2cc(N)ncc2Cl)CC1. The van der Waals surface area contributed by atoms with E-state index < -0.39 is 0 Å². The number of hydrogen-bond acceptors (Lipinski definition) is 5. The standard InChI is InChI=1S/C14H19ClN6/c1-2-20-9-18-19-14(20)10-3-5-21(6-4-10)12-7-13(16)17-8-11(12)15/h7-10H,2-6H2,1H3,(H2,16,17). The predicted molar refractivity (Wildman–Crippen MR) is 83.5 cm³/mol. The largest absolute Gasteiger partial charge is 0.384 e. The van der Waals surface area contributed by atoms with Crippen molar-refractivity contribution in [2.45, 2.75) is 32.2 Å². The molecule has 7 heteroatoms. The monoisotopic (exact) mass is 306 g/mol. The predicted octanol–water partition coefficient (Wildman–Crippen LogP) is 2.31. The van der Waals surface area contributed by atoms with E-state index in [0.717, 1.165) is 44.0 Å². The Morgan fingerprint density at radius 3 is 2.86 bits per heavy atom. The summed E-state index contributed by atoms with van der Waals surface area (Å²) in [6.07, 6.45) is 5.50. The van der Waals surface area contributed by atoms with E-state index >= 15 is 0 Å². The molecule has 0 amide bonds. The molecule has 1 aliphatic heterocycles. The lowest BCUT2D eigenvalue weighted by Crippen LogP contribution is -2.34. The Morgan fingerprint density at radius 1 is 1.38 bits per heavy atom. The highest BCUT2D eigenvalue weighted by Gasteiger charge is 2.25. The molecule has 1 aliphatic rings. The second kappa shape index (κ2) is 5.89. The number of nitrogens with two attached hydrogens (primary N) is 1. The summed E-state index contributed by atoms with van der Waals surface area (Å²) in [5.74, 6) is 2.06. The molecule has 0 atom stereocenters.